The quantitative estimate of drug-likeness (QED) is 0.755. The zero-order chi connectivity index (χ0) is 19.7. The Morgan fingerprint density at radius 1 is 1.04 bits per heavy atom. The zero-order valence-electron chi connectivity index (χ0n) is 16.1. The molecule has 2 heterocycles. The van der Waals surface area contributed by atoms with Gasteiger partial charge in [-0.1, -0.05) is 0 Å². The molecule has 1 aliphatic rings. The zero-order valence-corrected chi connectivity index (χ0v) is 16.1. The van der Waals surface area contributed by atoms with Crippen molar-refractivity contribution in [1.82, 2.24) is 9.88 Å². The number of aromatic nitrogens is 1. The SMILES string of the molecule is Cc1nc2cc(F)ccc2cc1C(=O)Nc1ccc(N2CCN(C)CC2)cc1. The fourth-order valence-corrected chi connectivity index (χ4v) is 3.49. The molecule has 1 saturated heterocycles. The Kier molecular flexibility index (Phi) is 4.96. The van der Waals surface area contributed by atoms with Gasteiger partial charge >= 0.3 is 0 Å². The van der Waals surface area contributed by atoms with Crippen molar-refractivity contribution in [3.8, 4) is 0 Å². The molecule has 3 aromatic rings. The monoisotopic (exact) mass is 378 g/mol. The molecule has 6 heteroatoms. The first kappa shape index (κ1) is 18.4. The van der Waals surface area contributed by atoms with E-state index in [1.165, 1.54) is 12.1 Å². The number of carbonyl (C=O) groups is 1. The molecule has 28 heavy (non-hydrogen) atoms. The first-order valence-corrected chi connectivity index (χ1v) is 9.41. The van der Waals surface area contributed by atoms with Crippen LogP contribution in [0.15, 0.2) is 48.5 Å². The van der Waals surface area contributed by atoms with Gasteiger partial charge in [0.2, 0.25) is 0 Å². The first-order valence-electron chi connectivity index (χ1n) is 9.41. The molecular weight excluding hydrogens is 355 g/mol. The third-order valence-corrected chi connectivity index (χ3v) is 5.21. The van der Waals surface area contributed by atoms with E-state index in [9.17, 15) is 9.18 Å². The molecule has 1 aliphatic heterocycles. The predicted octanol–water partition coefficient (Wildman–Crippen LogP) is 3.69. The predicted molar refractivity (Wildman–Crippen MR) is 111 cm³/mol. The second-order valence-corrected chi connectivity index (χ2v) is 7.25. The number of nitrogens with one attached hydrogen (secondary N) is 1. The number of hydrogen-bond donors (Lipinski definition) is 1. The van der Waals surface area contributed by atoms with E-state index >= 15 is 0 Å². The van der Waals surface area contributed by atoms with E-state index in [0.29, 0.717) is 16.8 Å². The van der Waals surface area contributed by atoms with Crippen LogP contribution in [-0.4, -0.2) is 49.0 Å². The van der Waals surface area contributed by atoms with Gasteiger partial charge in [0.25, 0.3) is 5.91 Å². The molecular formula is C22H23FN4O. The molecule has 1 N–H and O–H groups in total. The summed E-state index contributed by atoms with van der Waals surface area (Å²) < 4.78 is 13.4. The van der Waals surface area contributed by atoms with Crippen LogP contribution in [0.4, 0.5) is 15.8 Å². The topological polar surface area (TPSA) is 48.5 Å². The first-order chi connectivity index (χ1) is 13.5. The van der Waals surface area contributed by atoms with Crippen molar-refractivity contribution in [2.75, 3.05) is 43.4 Å². The molecule has 4 rings (SSSR count). The second-order valence-electron chi connectivity index (χ2n) is 7.25. The number of anilines is 2. The summed E-state index contributed by atoms with van der Waals surface area (Å²) in [6, 6.07) is 14.1. The number of carbonyl (C=O) groups excluding carboxylic acids is 1. The highest BCUT2D eigenvalue weighted by molar-refractivity contribution is 6.06. The van der Waals surface area contributed by atoms with E-state index < -0.39 is 0 Å². The average Bonchev–Trinajstić information content (AvgIpc) is 2.68. The minimum atomic E-state index is -0.336. The summed E-state index contributed by atoms with van der Waals surface area (Å²) in [5.74, 6) is -0.555. The van der Waals surface area contributed by atoms with Gasteiger partial charge in [-0.15, -0.1) is 0 Å². The number of nitrogens with zero attached hydrogens (tertiary/aromatic N) is 3. The summed E-state index contributed by atoms with van der Waals surface area (Å²) in [7, 11) is 2.14. The van der Waals surface area contributed by atoms with E-state index in [4.69, 9.17) is 0 Å². The van der Waals surface area contributed by atoms with Gasteiger partial charge in [-0.25, -0.2) is 4.39 Å². The van der Waals surface area contributed by atoms with Gasteiger partial charge in [0.05, 0.1) is 16.8 Å². The van der Waals surface area contributed by atoms with Crippen LogP contribution in [0.2, 0.25) is 0 Å². The normalized spacial score (nSPS) is 15.0. The van der Waals surface area contributed by atoms with Crippen molar-refractivity contribution in [3.63, 3.8) is 0 Å². The summed E-state index contributed by atoms with van der Waals surface area (Å²) in [5, 5.41) is 3.67. The summed E-state index contributed by atoms with van der Waals surface area (Å²) in [4.78, 5) is 21.8. The number of amides is 1. The van der Waals surface area contributed by atoms with E-state index in [2.05, 4.69) is 27.1 Å². The number of benzene rings is 2. The van der Waals surface area contributed by atoms with Crippen molar-refractivity contribution >= 4 is 28.2 Å². The van der Waals surface area contributed by atoms with Crippen molar-refractivity contribution in [1.29, 1.82) is 0 Å². The molecule has 0 saturated carbocycles. The Labute approximate surface area is 163 Å². The van der Waals surface area contributed by atoms with Crippen LogP contribution in [0.3, 0.4) is 0 Å². The van der Waals surface area contributed by atoms with E-state index in [1.807, 2.05) is 24.3 Å². The summed E-state index contributed by atoms with van der Waals surface area (Å²) in [6.45, 7) is 5.87. The van der Waals surface area contributed by atoms with Gasteiger partial charge in [0, 0.05) is 49.0 Å². The number of halogens is 1. The third-order valence-electron chi connectivity index (χ3n) is 5.21. The maximum Gasteiger partial charge on any atom is 0.257 e. The molecule has 0 unspecified atom stereocenters. The van der Waals surface area contributed by atoms with Gasteiger partial charge in [-0.2, -0.15) is 0 Å². The van der Waals surface area contributed by atoms with Crippen LogP contribution < -0.4 is 10.2 Å². The molecule has 2 aromatic carbocycles. The molecule has 0 bridgehead atoms. The summed E-state index contributed by atoms with van der Waals surface area (Å²) in [5.41, 5.74) is 3.51. The van der Waals surface area contributed by atoms with Gasteiger partial charge in [0.1, 0.15) is 5.82 Å². The maximum atomic E-state index is 13.4. The van der Waals surface area contributed by atoms with Gasteiger partial charge in [-0.05, 0) is 56.4 Å². The van der Waals surface area contributed by atoms with E-state index in [1.54, 1.807) is 19.1 Å². The summed E-state index contributed by atoms with van der Waals surface area (Å²) in [6.07, 6.45) is 0. The molecule has 5 nitrogen and oxygen atoms in total. The van der Waals surface area contributed by atoms with Crippen LogP contribution in [0.5, 0.6) is 0 Å². The number of rotatable bonds is 3. The largest absolute Gasteiger partial charge is 0.369 e. The summed E-state index contributed by atoms with van der Waals surface area (Å²) >= 11 is 0. The number of aryl methyl sites for hydroxylation is 1. The molecule has 0 radical (unpaired) electrons. The fraction of sp³-hybridized carbons (Fsp3) is 0.273. The molecule has 1 aromatic heterocycles. The van der Waals surface area contributed by atoms with Crippen LogP contribution in [0.1, 0.15) is 16.1 Å². The Morgan fingerprint density at radius 2 is 1.75 bits per heavy atom. The van der Waals surface area contributed by atoms with Crippen molar-refractivity contribution in [2.24, 2.45) is 0 Å². The van der Waals surface area contributed by atoms with Crippen molar-refractivity contribution in [2.45, 2.75) is 6.92 Å². The molecule has 0 aliphatic carbocycles. The third kappa shape index (κ3) is 3.82. The molecule has 0 spiro atoms. The fourth-order valence-electron chi connectivity index (χ4n) is 3.49. The minimum Gasteiger partial charge on any atom is -0.369 e. The van der Waals surface area contributed by atoms with Gasteiger partial charge in [-0.3, -0.25) is 9.78 Å². The number of hydrogen-bond acceptors (Lipinski definition) is 4. The standard InChI is InChI=1S/C22H23FN4O/c1-15-20(13-16-3-4-17(23)14-21(16)24-15)22(28)25-18-5-7-19(8-6-18)27-11-9-26(2)10-12-27/h3-8,13-14H,9-12H2,1-2H3,(H,25,28). The number of pyridine rings is 1. The van der Waals surface area contributed by atoms with Gasteiger partial charge < -0.3 is 15.1 Å². The average molecular weight is 378 g/mol. The van der Waals surface area contributed by atoms with Crippen molar-refractivity contribution < 1.29 is 9.18 Å². The van der Waals surface area contributed by atoms with E-state index in [0.717, 1.165) is 42.9 Å². The Balaban J connectivity index is 1.50. The lowest BCUT2D eigenvalue weighted by Gasteiger charge is -2.34. The van der Waals surface area contributed by atoms with Crippen LogP contribution in [0, 0.1) is 12.7 Å². The minimum absolute atomic E-state index is 0.219. The second kappa shape index (κ2) is 7.56. The Bertz CT molecular complexity index is 1010. The smallest absolute Gasteiger partial charge is 0.257 e. The van der Waals surface area contributed by atoms with Crippen molar-refractivity contribution in [3.05, 3.63) is 65.6 Å². The molecule has 1 fully saturated rings. The van der Waals surface area contributed by atoms with E-state index in [-0.39, 0.29) is 11.7 Å². The highest BCUT2D eigenvalue weighted by Crippen LogP contribution is 2.22. The highest BCUT2D eigenvalue weighted by Gasteiger charge is 2.15. The maximum absolute atomic E-state index is 13.4. The number of piperazine rings is 1. The van der Waals surface area contributed by atoms with Crippen LogP contribution in [-0.2, 0) is 0 Å². The van der Waals surface area contributed by atoms with Crippen LogP contribution in [0.25, 0.3) is 10.9 Å². The molecule has 144 valence electrons. The Morgan fingerprint density at radius 3 is 2.46 bits per heavy atom. The number of fused-ring (bicyclic) bond motifs is 1. The van der Waals surface area contributed by atoms with Crippen LogP contribution >= 0.6 is 0 Å². The van der Waals surface area contributed by atoms with Gasteiger partial charge in [0.15, 0.2) is 0 Å². The highest BCUT2D eigenvalue weighted by atomic mass is 19.1. The Hall–Kier alpha value is -2.99. The molecule has 0 atom stereocenters. The lowest BCUT2D eigenvalue weighted by atomic mass is 10.1. The number of likely N-dealkylation sites (N-methyl/N-ethyl adjacent to an activating group) is 1. The molecule has 1 amide bonds. The lowest BCUT2D eigenvalue weighted by Crippen LogP contribution is -2.44. The lowest BCUT2D eigenvalue weighted by molar-refractivity contribution is 0.102.